The quantitative estimate of drug-likeness (QED) is 0.220. The lowest BCUT2D eigenvalue weighted by molar-refractivity contribution is 0.0526. The number of unbranched alkanes of at least 4 members (excludes halogenated alkanes) is 1. The molecule has 1 aliphatic carbocycles. The molecule has 3 aromatic rings. The molecule has 0 bridgehead atoms. The lowest BCUT2D eigenvalue weighted by Crippen LogP contribution is -2.09. The van der Waals surface area contributed by atoms with Crippen LogP contribution in [-0.2, 0) is 17.6 Å². The number of aryl methyl sites for hydroxylation is 1. The summed E-state index contributed by atoms with van der Waals surface area (Å²) in [6, 6.07) is 12.4. The standard InChI is InChI=1S/C26H29NO3S/c1-3-5-16-30-22-15-14-18-10-6-7-11-19(18)21(22)17-27-25-24(26(28)29-4-2)20-12-8-9-13-23(20)31-25/h6-7,10-11,14-15,17H,3-5,8-9,12-13,16H2,1-2H3. The van der Waals surface area contributed by atoms with Crippen LogP contribution in [-0.4, -0.2) is 25.4 Å². The number of hydrogen-bond acceptors (Lipinski definition) is 5. The van der Waals surface area contributed by atoms with E-state index < -0.39 is 0 Å². The second-order valence-corrected chi connectivity index (χ2v) is 8.85. The fourth-order valence-corrected chi connectivity index (χ4v) is 5.26. The van der Waals surface area contributed by atoms with Gasteiger partial charge in [0.25, 0.3) is 0 Å². The molecule has 5 heteroatoms. The smallest absolute Gasteiger partial charge is 0.341 e. The average Bonchev–Trinajstić information content (AvgIpc) is 3.17. The molecule has 1 aliphatic rings. The Morgan fingerprint density at radius 1 is 1.13 bits per heavy atom. The minimum Gasteiger partial charge on any atom is -0.493 e. The van der Waals surface area contributed by atoms with Gasteiger partial charge in [0.05, 0.1) is 18.8 Å². The molecular formula is C26H29NO3S. The molecule has 0 amide bonds. The first-order valence-electron chi connectivity index (χ1n) is 11.2. The summed E-state index contributed by atoms with van der Waals surface area (Å²) >= 11 is 1.63. The number of aliphatic imine (C=N–C) groups is 1. The number of carbonyl (C=O) groups is 1. The van der Waals surface area contributed by atoms with Gasteiger partial charge in [0.2, 0.25) is 0 Å². The van der Waals surface area contributed by atoms with E-state index in [-0.39, 0.29) is 5.97 Å². The molecule has 0 saturated heterocycles. The van der Waals surface area contributed by atoms with Crippen LogP contribution in [0.3, 0.4) is 0 Å². The van der Waals surface area contributed by atoms with Crippen molar-refractivity contribution in [1.82, 2.24) is 0 Å². The number of fused-ring (bicyclic) bond motifs is 2. The van der Waals surface area contributed by atoms with E-state index in [0.29, 0.717) is 18.8 Å². The molecule has 0 unspecified atom stereocenters. The van der Waals surface area contributed by atoms with E-state index in [2.05, 4.69) is 25.1 Å². The number of thiophene rings is 1. The summed E-state index contributed by atoms with van der Waals surface area (Å²) in [6.07, 6.45) is 8.17. The molecule has 0 atom stereocenters. The van der Waals surface area contributed by atoms with Crippen molar-refractivity contribution in [2.75, 3.05) is 13.2 Å². The first-order chi connectivity index (χ1) is 15.2. The van der Waals surface area contributed by atoms with E-state index in [0.717, 1.165) is 71.2 Å². The van der Waals surface area contributed by atoms with Gasteiger partial charge < -0.3 is 9.47 Å². The van der Waals surface area contributed by atoms with Crippen LogP contribution in [0.25, 0.3) is 10.8 Å². The fraction of sp³-hybridized carbons (Fsp3) is 0.385. The maximum Gasteiger partial charge on any atom is 0.341 e. The van der Waals surface area contributed by atoms with Crippen molar-refractivity contribution >= 4 is 39.3 Å². The monoisotopic (exact) mass is 435 g/mol. The zero-order valence-corrected chi connectivity index (χ0v) is 19.1. The van der Waals surface area contributed by atoms with Crippen molar-refractivity contribution in [3.63, 3.8) is 0 Å². The van der Waals surface area contributed by atoms with Gasteiger partial charge in [-0.2, -0.15) is 0 Å². The zero-order chi connectivity index (χ0) is 21.6. The molecule has 0 N–H and O–H groups in total. The third kappa shape index (κ3) is 4.67. The van der Waals surface area contributed by atoms with E-state index in [1.807, 2.05) is 31.3 Å². The number of esters is 1. The predicted octanol–water partition coefficient (Wildman–Crippen LogP) is 6.89. The highest BCUT2D eigenvalue weighted by Gasteiger charge is 2.26. The summed E-state index contributed by atoms with van der Waals surface area (Å²) in [5, 5.41) is 2.99. The van der Waals surface area contributed by atoms with Crippen molar-refractivity contribution in [3.8, 4) is 5.75 Å². The first-order valence-corrected chi connectivity index (χ1v) is 12.0. The van der Waals surface area contributed by atoms with E-state index in [9.17, 15) is 4.79 Å². The molecule has 1 heterocycles. The highest BCUT2D eigenvalue weighted by atomic mass is 32.1. The molecule has 0 spiro atoms. The van der Waals surface area contributed by atoms with Crippen LogP contribution in [0.15, 0.2) is 41.4 Å². The van der Waals surface area contributed by atoms with Gasteiger partial charge in [-0.05, 0) is 61.4 Å². The Kier molecular flexibility index (Phi) is 7.03. The van der Waals surface area contributed by atoms with Crippen LogP contribution in [0.1, 0.15) is 65.9 Å². The number of rotatable bonds is 8. The fourth-order valence-electron chi connectivity index (χ4n) is 4.04. The minimum atomic E-state index is -0.258. The van der Waals surface area contributed by atoms with Crippen molar-refractivity contribution in [2.24, 2.45) is 4.99 Å². The topological polar surface area (TPSA) is 47.9 Å². The van der Waals surface area contributed by atoms with Gasteiger partial charge in [-0.3, -0.25) is 0 Å². The summed E-state index contributed by atoms with van der Waals surface area (Å²) in [7, 11) is 0. The van der Waals surface area contributed by atoms with Crippen LogP contribution in [0.5, 0.6) is 5.75 Å². The minimum absolute atomic E-state index is 0.258. The Balaban J connectivity index is 1.77. The molecular weight excluding hydrogens is 406 g/mol. The molecule has 4 nitrogen and oxygen atoms in total. The van der Waals surface area contributed by atoms with Crippen molar-refractivity contribution < 1.29 is 14.3 Å². The van der Waals surface area contributed by atoms with Crippen LogP contribution >= 0.6 is 11.3 Å². The number of ether oxygens (including phenoxy) is 2. The summed E-state index contributed by atoms with van der Waals surface area (Å²) in [6.45, 7) is 5.04. The Labute approximate surface area is 187 Å². The maximum atomic E-state index is 12.7. The van der Waals surface area contributed by atoms with Crippen molar-refractivity contribution in [1.29, 1.82) is 0 Å². The zero-order valence-electron chi connectivity index (χ0n) is 18.3. The largest absolute Gasteiger partial charge is 0.493 e. The van der Waals surface area contributed by atoms with Crippen molar-refractivity contribution in [2.45, 2.75) is 52.4 Å². The van der Waals surface area contributed by atoms with Gasteiger partial charge in [0.1, 0.15) is 10.8 Å². The first kappa shape index (κ1) is 21.6. The number of nitrogens with zero attached hydrogens (tertiary/aromatic N) is 1. The molecule has 0 saturated carbocycles. The second kappa shape index (κ2) is 10.1. The Morgan fingerprint density at radius 3 is 2.81 bits per heavy atom. The molecule has 0 fully saturated rings. The highest BCUT2D eigenvalue weighted by Crippen LogP contribution is 2.40. The van der Waals surface area contributed by atoms with E-state index in [4.69, 9.17) is 14.5 Å². The molecule has 162 valence electrons. The van der Waals surface area contributed by atoms with Gasteiger partial charge >= 0.3 is 5.97 Å². The van der Waals surface area contributed by atoms with E-state index in [1.165, 1.54) is 4.88 Å². The highest BCUT2D eigenvalue weighted by molar-refractivity contribution is 7.16. The molecule has 0 radical (unpaired) electrons. The molecule has 4 rings (SSSR count). The van der Waals surface area contributed by atoms with Gasteiger partial charge in [-0.1, -0.05) is 43.7 Å². The van der Waals surface area contributed by atoms with Crippen LogP contribution < -0.4 is 4.74 Å². The normalized spacial score (nSPS) is 13.5. The SMILES string of the molecule is CCCCOc1ccc2ccccc2c1C=Nc1sc2c(c1C(=O)OCC)CCCC2. The molecule has 2 aromatic carbocycles. The summed E-state index contributed by atoms with van der Waals surface area (Å²) in [4.78, 5) is 18.9. The Hall–Kier alpha value is -2.66. The van der Waals surface area contributed by atoms with Crippen LogP contribution in [0.4, 0.5) is 5.00 Å². The average molecular weight is 436 g/mol. The Bertz CT molecular complexity index is 1100. The molecule has 1 aromatic heterocycles. The van der Waals surface area contributed by atoms with E-state index in [1.54, 1.807) is 11.3 Å². The van der Waals surface area contributed by atoms with Crippen LogP contribution in [0.2, 0.25) is 0 Å². The van der Waals surface area contributed by atoms with Gasteiger partial charge in [-0.25, -0.2) is 9.79 Å². The lowest BCUT2D eigenvalue weighted by atomic mass is 9.95. The second-order valence-electron chi connectivity index (χ2n) is 7.77. The third-order valence-corrected chi connectivity index (χ3v) is 6.83. The maximum absolute atomic E-state index is 12.7. The van der Waals surface area contributed by atoms with Crippen molar-refractivity contribution in [3.05, 3.63) is 58.0 Å². The number of benzene rings is 2. The lowest BCUT2D eigenvalue weighted by Gasteiger charge is -2.12. The summed E-state index contributed by atoms with van der Waals surface area (Å²) < 4.78 is 11.5. The van der Waals surface area contributed by atoms with Gasteiger partial charge in [0.15, 0.2) is 0 Å². The number of hydrogen-bond donors (Lipinski definition) is 0. The van der Waals surface area contributed by atoms with Gasteiger partial charge in [-0.15, -0.1) is 11.3 Å². The summed E-state index contributed by atoms with van der Waals surface area (Å²) in [5.74, 6) is 0.571. The third-order valence-electron chi connectivity index (χ3n) is 5.63. The van der Waals surface area contributed by atoms with E-state index >= 15 is 0 Å². The predicted molar refractivity (Wildman–Crippen MR) is 129 cm³/mol. The number of carbonyl (C=O) groups excluding carboxylic acids is 1. The Morgan fingerprint density at radius 2 is 1.97 bits per heavy atom. The molecule has 31 heavy (non-hydrogen) atoms. The van der Waals surface area contributed by atoms with Gasteiger partial charge in [0, 0.05) is 16.7 Å². The summed E-state index contributed by atoms with van der Waals surface area (Å²) in [5.41, 5.74) is 2.75. The molecule has 0 aliphatic heterocycles. The van der Waals surface area contributed by atoms with Crippen LogP contribution in [0, 0.1) is 0 Å².